The minimum absolute atomic E-state index is 0.00217. The van der Waals surface area contributed by atoms with Crippen molar-refractivity contribution in [2.24, 2.45) is 0 Å². The van der Waals surface area contributed by atoms with Gasteiger partial charge in [-0.15, -0.1) is 11.3 Å². The van der Waals surface area contributed by atoms with Crippen LogP contribution in [0.4, 0.5) is 18.3 Å². The minimum Gasteiger partial charge on any atom is -0.347 e. The van der Waals surface area contributed by atoms with Crippen LogP contribution in [0.25, 0.3) is 0 Å². The van der Waals surface area contributed by atoms with E-state index in [1.165, 1.54) is 16.8 Å². The first-order chi connectivity index (χ1) is 7.71. The molecule has 0 N–H and O–H groups in total. The fourth-order valence-electron chi connectivity index (χ4n) is 0.982. The van der Waals surface area contributed by atoms with E-state index < -0.39 is 11.9 Å². The van der Waals surface area contributed by atoms with Gasteiger partial charge >= 0.3 is 6.18 Å². The number of hydrogen-bond acceptors (Lipinski definition) is 4. The molecule has 0 atom stereocenters. The number of alkyl halides is 3. The van der Waals surface area contributed by atoms with Crippen LogP contribution in [0.2, 0.25) is 0 Å². The van der Waals surface area contributed by atoms with Crippen molar-refractivity contribution in [2.75, 3.05) is 32.6 Å². The van der Waals surface area contributed by atoms with Gasteiger partial charge in [-0.1, -0.05) is 0 Å². The first-order valence-corrected chi connectivity index (χ1v) is 5.54. The molecule has 1 aromatic heterocycles. The Morgan fingerprint density at radius 1 is 1.41 bits per heavy atom. The van der Waals surface area contributed by atoms with Gasteiger partial charge in [-0.05, 0) is 0 Å². The largest absolute Gasteiger partial charge is 0.434 e. The summed E-state index contributed by atoms with van der Waals surface area (Å²) in [7, 11) is 4.69. The molecule has 8 heteroatoms. The zero-order valence-electron chi connectivity index (χ0n) is 9.58. The molecule has 4 nitrogen and oxygen atoms in total. The third-order valence-corrected chi connectivity index (χ3v) is 2.94. The van der Waals surface area contributed by atoms with Crippen LogP contribution >= 0.6 is 11.3 Å². The zero-order valence-corrected chi connectivity index (χ0v) is 10.4. The van der Waals surface area contributed by atoms with Gasteiger partial charge in [0, 0.05) is 26.5 Å². The average molecular weight is 267 g/mol. The predicted octanol–water partition coefficient (Wildman–Crippen LogP) is 1.69. The van der Waals surface area contributed by atoms with Crippen molar-refractivity contribution in [3.8, 4) is 0 Å². The lowest BCUT2D eigenvalue weighted by atomic mass is 10.5. The summed E-state index contributed by atoms with van der Waals surface area (Å²) in [4.78, 5) is 17.6. The third kappa shape index (κ3) is 3.58. The minimum atomic E-state index is -4.44. The molecule has 0 aliphatic carbocycles. The van der Waals surface area contributed by atoms with Crippen LogP contribution < -0.4 is 4.90 Å². The molecule has 0 radical (unpaired) electrons. The van der Waals surface area contributed by atoms with Crippen molar-refractivity contribution in [3.63, 3.8) is 0 Å². The van der Waals surface area contributed by atoms with Crippen molar-refractivity contribution in [3.05, 3.63) is 11.1 Å². The van der Waals surface area contributed by atoms with Gasteiger partial charge < -0.3 is 9.80 Å². The monoisotopic (exact) mass is 267 g/mol. The number of anilines is 1. The van der Waals surface area contributed by atoms with E-state index in [1.54, 1.807) is 14.1 Å². The Balaban J connectivity index is 2.74. The van der Waals surface area contributed by atoms with Crippen LogP contribution in [-0.4, -0.2) is 43.5 Å². The van der Waals surface area contributed by atoms with Crippen LogP contribution in [0.15, 0.2) is 5.38 Å². The number of carbonyl (C=O) groups is 1. The summed E-state index contributed by atoms with van der Waals surface area (Å²) in [6, 6.07) is 0. The number of likely N-dealkylation sites (N-methyl/N-ethyl adjacent to an activating group) is 2. The number of aromatic nitrogens is 1. The van der Waals surface area contributed by atoms with Gasteiger partial charge in [0.25, 0.3) is 0 Å². The Labute approximate surface area is 101 Å². The van der Waals surface area contributed by atoms with E-state index in [9.17, 15) is 18.0 Å². The number of halogens is 3. The smallest absolute Gasteiger partial charge is 0.347 e. The zero-order chi connectivity index (χ0) is 13.2. The molecular formula is C9H12F3N3OS. The van der Waals surface area contributed by atoms with Crippen molar-refractivity contribution < 1.29 is 18.0 Å². The Kier molecular flexibility index (Phi) is 3.97. The summed E-state index contributed by atoms with van der Waals surface area (Å²) >= 11 is 0.862. The summed E-state index contributed by atoms with van der Waals surface area (Å²) in [5, 5.41) is 1.11. The second-order valence-electron chi connectivity index (χ2n) is 3.66. The Morgan fingerprint density at radius 3 is 2.41 bits per heavy atom. The SMILES string of the molecule is CN(C)C(=O)CN(C)c1nc(C(F)(F)F)cs1. The highest BCUT2D eigenvalue weighted by Crippen LogP contribution is 2.32. The number of carbonyl (C=O) groups excluding carboxylic acids is 1. The number of thiazole rings is 1. The molecule has 1 rings (SSSR count). The van der Waals surface area contributed by atoms with Crippen molar-refractivity contribution in [2.45, 2.75) is 6.18 Å². The van der Waals surface area contributed by atoms with Gasteiger partial charge in [0.15, 0.2) is 10.8 Å². The highest BCUT2D eigenvalue weighted by molar-refractivity contribution is 7.13. The van der Waals surface area contributed by atoms with Crippen LogP contribution in [-0.2, 0) is 11.0 Å². The van der Waals surface area contributed by atoms with Gasteiger partial charge in [-0.3, -0.25) is 4.79 Å². The molecule has 1 amide bonds. The molecule has 0 unspecified atom stereocenters. The summed E-state index contributed by atoms with van der Waals surface area (Å²) in [6.07, 6.45) is -4.44. The van der Waals surface area contributed by atoms with E-state index in [0.717, 1.165) is 16.7 Å². The maximum atomic E-state index is 12.3. The summed E-state index contributed by atoms with van der Waals surface area (Å²) in [5.41, 5.74) is -0.929. The molecule has 96 valence electrons. The number of hydrogen-bond donors (Lipinski definition) is 0. The van der Waals surface area contributed by atoms with Crippen molar-refractivity contribution >= 4 is 22.4 Å². The predicted molar refractivity (Wildman–Crippen MR) is 59.1 cm³/mol. The Hall–Kier alpha value is -1.31. The lowest BCUT2D eigenvalue weighted by Crippen LogP contribution is -2.34. The highest BCUT2D eigenvalue weighted by atomic mass is 32.1. The summed E-state index contributed by atoms with van der Waals surface area (Å²) < 4.78 is 36.9. The Bertz CT molecular complexity index is 402. The summed E-state index contributed by atoms with van der Waals surface area (Å²) in [6.45, 7) is -0.00217. The molecule has 0 aliphatic rings. The third-order valence-electron chi connectivity index (χ3n) is 1.98. The molecule has 17 heavy (non-hydrogen) atoms. The van der Waals surface area contributed by atoms with Crippen LogP contribution in [0.5, 0.6) is 0 Å². The normalized spacial score (nSPS) is 11.4. The lowest BCUT2D eigenvalue weighted by molar-refractivity contribution is -0.140. The van der Waals surface area contributed by atoms with Gasteiger partial charge in [-0.25, -0.2) is 4.98 Å². The van der Waals surface area contributed by atoms with Crippen LogP contribution in [0, 0.1) is 0 Å². The fraction of sp³-hybridized carbons (Fsp3) is 0.556. The number of nitrogens with zero attached hydrogens (tertiary/aromatic N) is 3. The second-order valence-corrected chi connectivity index (χ2v) is 4.49. The first-order valence-electron chi connectivity index (χ1n) is 4.66. The van der Waals surface area contributed by atoms with E-state index in [1.807, 2.05) is 0 Å². The number of rotatable bonds is 3. The van der Waals surface area contributed by atoms with E-state index in [0.29, 0.717) is 0 Å². The maximum absolute atomic E-state index is 12.3. The molecule has 0 aliphatic heterocycles. The average Bonchev–Trinajstić information content (AvgIpc) is 2.65. The fourth-order valence-corrected chi connectivity index (χ4v) is 1.78. The van der Waals surface area contributed by atoms with Crippen LogP contribution in [0.1, 0.15) is 5.69 Å². The van der Waals surface area contributed by atoms with E-state index in [4.69, 9.17) is 0 Å². The summed E-state index contributed by atoms with van der Waals surface area (Å²) in [5.74, 6) is -0.198. The quantitative estimate of drug-likeness (QED) is 0.836. The van der Waals surface area contributed by atoms with Gasteiger partial charge in [-0.2, -0.15) is 13.2 Å². The standard InChI is InChI=1S/C9H12F3N3OS/c1-14(2)7(16)4-15(3)8-13-6(5-17-8)9(10,11)12/h5H,4H2,1-3H3. The van der Waals surface area contributed by atoms with Crippen LogP contribution in [0.3, 0.4) is 0 Å². The second kappa shape index (κ2) is 4.91. The highest BCUT2D eigenvalue weighted by Gasteiger charge is 2.34. The van der Waals surface area contributed by atoms with E-state index in [-0.39, 0.29) is 17.6 Å². The molecular weight excluding hydrogens is 255 g/mol. The molecule has 0 spiro atoms. The number of amides is 1. The van der Waals surface area contributed by atoms with Crippen molar-refractivity contribution in [1.82, 2.24) is 9.88 Å². The maximum Gasteiger partial charge on any atom is 0.434 e. The topological polar surface area (TPSA) is 36.4 Å². The molecule has 0 fully saturated rings. The van der Waals surface area contributed by atoms with E-state index >= 15 is 0 Å². The lowest BCUT2D eigenvalue weighted by Gasteiger charge is -2.18. The van der Waals surface area contributed by atoms with Crippen molar-refractivity contribution in [1.29, 1.82) is 0 Å². The van der Waals surface area contributed by atoms with Gasteiger partial charge in [0.2, 0.25) is 5.91 Å². The first kappa shape index (κ1) is 13.8. The molecule has 1 aromatic rings. The molecule has 0 saturated carbocycles. The molecule has 1 heterocycles. The molecule has 0 aromatic carbocycles. The van der Waals surface area contributed by atoms with E-state index in [2.05, 4.69) is 4.98 Å². The van der Waals surface area contributed by atoms with Gasteiger partial charge in [0.05, 0.1) is 6.54 Å². The van der Waals surface area contributed by atoms with Gasteiger partial charge in [0.1, 0.15) is 0 Å². The molecule has 0 saturated heterocycles. The Morgan fingerprint density at radius 2 is 2.00 bits per heavy atom. The molecule has 0 bridgehead atoms.